The summed E-state index contributed by atoms with van der Waals surface area (Å²) in [5.74, 6) is -0.0641. The molecule has 1 atom stereocenters. The quantitative estimate of drug-likeness (QED) is 0.830. The number of nitrogens with two attached hydrogens (primary N) is 1. The highest BCUT2D eigenvalue weighted by Gasteiger charge is 2.20. The third-order valence-corrected chi connectivity index (χ3v) is 3.20. The summed E-state index contributed by atoms with van der Waals surface area (Å²) in [7, 11) is 0. The molecule has 2 rings (SSSR count). The van der Waals surface area contributed by atoms with Gasteiger partial charge in [-0.1, -0.05) is 30.3 Å². The Bertz CT molecular complexity index is 375. The van der Waals surface area contributed by atoms with Crippen molar-refractivity contribution in [1.82, 2.24) is 5.32 Å². The molecule has 1 aliphatic rings. The second-order valence-electron chi connectivity index (χ2n) is 4.69. The van der Waals surface area contributed by atoms with Crippen molar-refractivity contribution in [1.29, 1.82) is 0 Å². The van der Waals surface area contributed by atoms with Gasteiger partial charge in [0.1, 0.15) is 0 Å². The molecule has 4 nitrogen and oxygen atoms in total. The summed E-state index contributed by atoms with van der Waals surface area (Å²) in [6, 6.07) is 9.58. The molecule has 3 N–H and O–H groups in total. The average molecular weight is 248 g/mol. The molecule has 1 aliphatic heterocycles. The fourth-order valence-electron chi connectivity index (χ4n) is 2.11. The smallest absolute Gasteiger partial charge is 0.237 e. The first kappa shape index (κ1) is 13.1. The van der Waals surface area contributed by atoms with E-state index < -0.39 is 6.04 Å². The summed E-state index contributed by atoms with van der Waals surface area (Å²) in [5, 5.41) is 2.99. The van der Waals surface area contributed by atoms with Crippen molar-refractivity contribution in [2.45, 2.75) is 31.3 Å². The number of rotatable bonds is 4. The van der Waals surface area contributed by atoms with Crippen LogP contribution in [0.5, 0.6) is 0 Å². The van der Waals surface area contributed by atoms with Gasteiger partial charge in [0.05, 0.1) is 6.04 Å². The Hall–Kier alpha value is -1.39. The number of carbonyl (C=O) groups excluding carboxylic acids is 1. The molecular formula is C14H20N2O2. The minimum atomic E-state index is -0.477. The van der Waals surface area contributed by atoms with Crippen LogP contribution in [0.25, 0.3) is 0 Å². The lowest BCUT2D eigenvalue weighted by Crippen LogP contribution is -2.48. The van der Waals surface area contributed by atoms with Crippen LogP contribution in [0.2, 0.25) is 0 Å². The van der Waals surface area contributed by atoms with Crippen LogP contribution in [0.4, 0.5) is 0 Å². The van der Waals surface area contributed by atoms with Crippen molar-refractivity contribution in [3.63, 3.8) is 0 Å². The summed E-state index contributed by atoms with van der Waals surface area (Å²) in [5.41, 5.74) is 7.01. The van der Waals surface area contributed by atoms with Crippen molar-refractivity contribution in [2.75, 3.05) is 13.2 Å². The summed E-state index contributed by atoms with van der Waals surface area (Å²) in [4.78, 5) is 11.9. The van der Waals surface area contributed by atoms with Crippen molar-refractivity contribution in [2.24, 2.45) is 5.73 Å². The third kappa shape index (κ3) is 3.82. The van der Waals surface area contributed by atoms with E-state index in [9.17, 15) is 4.79 Å². The molecule has 0 bridgehead atoms. The lowest BCUT2D eigenvalue weighted by atomic mass is 10.0. The molecule has 98 valence electrons. The van der Waals surface area contributed by atoms with Gasteiger partial charge in [-0.05, 0) is 24.8 Å². The van der Waals surface area contributed by atoms with Gasteiger partial charge in [0.25, 0.3) is 0 Å². The molecule has 1 amide bonds. The Labute approximate surface area is 108 Å². The topological polar surface area (TPSA) is 64.4 Å². The zero-order chi connectivity index (χ0) is 12.8. The molecule has 18 heavy (non-hydrogen) atoms. The van der Waals surface area contributed by atoms with Crippen LogP contribution in [0.15, 0.2) is 30.3 Å². The van der Waals surface area contributed by atoms with Crippen LogP contribution in [0, 0.1) is 0 Å². The Kier molecular flexibility index (Phi) is 4.73. The molecule has 0 spiro atoms. The maximum atomic E-state index is 11.9. The predicted molar refractivity (Wildman–Crippen MR) is 70.1 cm³/mol. The Morgan fingerprint density at radius 3 is 2.67 bits per heavy atom. The van der Waals surface area contributed by atoms with Crippen molar-refractivity contribution in [3.8, 4) is 0 Å². The van der Waals surface area contributed by atoms with Crippen LogP contribution in [-0.4, -0.2) is 31.2 Å². The highest BCUT2D eigenvalue weighted by Crippen LogP contribution is 2.07. The van der Waals surface area contributed by atoms with E-state index in [2.05, 4.69) is 5.32 Å². The standard InChI is InChI=1S/C14H20N2O2/c15-13(10-11-4-2-1-3-5-11)14(17)16-12-6-8-18-9-7-12/h1-5,12-13H,6-10,15H2,(H,16,17)/t13-/m0/s1. The van der Waals surface area contributed by atoms with Gasteiger partial charge in [-0.25, -0.2) is 0 Å². The minimum absolute atomic E-state index is 0.0641. The number of benzene rings is 1. The van der Waals surface area contributed by atoms with E-state index in [1.807, 2.05) is 30.3 Å². The van der Waals surface area contributed by atoms with Crippen LogP contribution < -0.4 is 11.1 Å². The van der Waals surface area contributed by atoms with Gasteiger partial charge in [0.2, 0.25) is 5.91 Å². The first-order valence-corrected chi connectivity index (χ1v) is 6.43. The Balaban J connectivity index is 1.81. The Morgan fingerprint density at radius 1 is 1.33 bits per heavy atom. The maximum absolute atomic E-state index is 11.9. The van der Waals surface area contributed by atoms with E-state index in [-0.39, 0.29) is 11.9 Å². The minimum Gasteiger partial charge on any atom is -0.381 e. The molecular weight excluding hydrogens is 228 g/mol. The molecule has 0 unspecified atom stereocenters. The number of hydrogen-bond donors (Lipinski definition) is 2. The fraction of sp³-hybridized carbons (Fsp3) is 0.500. The number of hydrogen-bond acceptors (Lipinski definition) is 3. The highest BCUT2D eigenvalue weighted by molar-refractivity contribution is 5.82. The number of ether oxygens (including phenoxy) is 1. The fourth-order valence-corrected chi connectivity index (χ4v) is 2.11. The lowest BCUT2D eigenvalue weighted by molar-refractivity contribution is -0.123. The van der Waals surface area contributed by atoms with Gasteiger partial charge >= 0.3 is 0 Å². The molecule has 0 aliphatic carbocycles. The van der Waals surface area contributed by atoms with E-state index in [0.29, 0.717) is 6.42 Å². The molecule has 1 aromatic carbocycles. The first-order valence-electron chi connectivity index (χ1n) is 6.43. The molecule has 1 saturated heterocycles. The molecule has 1 fully saturated rings. The van der Waals surface area contributed by atoms with Crippen LogP contribution >= 0.6 is 0 Å². The van der Waals surface area contributed by atoms with Gasteiger partial charge in [0, 0.05) is 19.3 Å². The van der Waals surface area contributed by atoms with Crippen molar-refractivity contribution >= 4 is 5.91 Å². The largest absolute Gasteiger partial charge is 0.381 e. The molecule has 0 radical (unpaired) electrons. The molecule has 4 heteroatoms. The average Bonchev–Trinajstić information content (AvgIpc) is 2.41. The molecule has 0 aromatic heterocycles. The van der Waals surface area contributed by atoms with E-state index in [0.717, 1.165) is 31.6 Å². The van der Waals surface area contributed by atoms with E-state index in [1.54, 1.807) is 0 Å². The SMILES string of the molecule is N[C@@H](Cc1ccccc1)C(=O)NC1CCOCC1. The van der Waals surface area contributed by atoms with E-state index in [1.165, 1.54) is 0 Å². The second-order valence-corrected chi connectivity index (χ2v) is 4.69. The summed E-state index contributed by atoms with van der Waals surface area (Å²) < 4.78 is 5.25. The lowest BCUT2D eigenvalue weighted by Gasteiger charge is -2.24. The first-order chi connectivity index (χ1) is 8.75. The van der Waals surface area contributed by atoms with Gasteiger partial charge in [-0.2, -0.15) is 0 Å². The predicted octanol–water partition coefficient (Wildman–Crippen LogP) is 0.852. The summed E-state index contributed by atoms with van der Waals surface area (Å²) >= 11 is 0. The van der Waals surface area contributed by atoms with Gasteiger partial charge < -0.3 is 15.8 Å². The van der Waals surface area contributed by atoms with Gasteiger partial charge in [-0.15, -0.1) is 0 Å². The number of amides is 1. The molecule has 0 saturated carbocycles. The Morgan fingerprint density at radius 2 is 2.00 bits per heavy atom. The van der Waals surface area contributed by atoms with Crippen molar-refractivity contribution in [3.05, 3.63) is 35.9 Å². The normalized spacial score (nSPS) is 18.3. The summed E-state index contributed by atoms with van der Waals surface area (Å²) in [6.45, 7) is 1.44. The van der Waals surface area contributed by atoms with Crippen LogP contribution in [0.3, 0.4) is 0 Å². The van der Waals surface area contributed by atoms with Crippen molar-refractivity contribution < 1.29 is 9.53 Å². The number of nitrogens with one attached hydrogen (secondary N) is 1. The molecule has 1 aromatic rings. The highest BCUT2D eigenvalue weighted by atomic mass is 16.5. The maximum Gasteiger partial charge on any atom is 0.237 e. The summed E-state index contributed by atoms with van der Waals surface area (Å²) in [6.07, 6.45) is 2.34. The third-order valence-electron chi connectivity index (χ3n) is 3.20. The van der Waals surface area contributed by atoms with Gasteiger partial charge in [-0.3, -0.25) is 4.79 Å². The van der Waals surface area contributed by atoms with E-state index in [4.69, 9.17) is 10.5 Å². The van der Waals surface area contributed by atoms with E-state index >= 15 is 0 Å². The second kappa shape index (κ2) is 6.52. The zero-order valence-electron chi connectivity index (χ0n) is 10.5. The van der Waals surface area contributed by atoms with Crippen LogP contribution in [-0.2, 0) is 16.0 Å². The van der Waals surface area contributed by atoms with Crippen LogP contribution in [0.1, 0.15) is 18.4 Å². The van der Waals surface area contributed by atoms with Gasteiger partial charge in [0.15, 0.2) is 0 Å². The zero-order valence-corrected chi connectivity index (χ0v) is 10.5. The monoisotopic (exact) mass is 248 g/mol. The molecule has 1 heterocycles. The number of carbonyl (C=O) groups is 1.